The van der Waals surface area contributed by atoms with Crippen LogP contribution in [-0.4, -0.2) is 39.7 Å². The maximum atomic E-state index is 13.3. The molecule has 5 heterocycles. The van der Waals surface area contributed by atoms with Gasteiger partial charge in [0.1, 0.15) is 18.0 Å². The van der Waals surface area contributed by atoms with Crippen molar-refractivity contribution in [3.8, 4) is 28.2 Å². The van der Waals surface area contributed by atoms with Crippen LogP contribution >= 0.6 is 11.6 Å². The molecule has 3 N–H and O–H groups in total. The molecule has 0 bridgehead atoms. The van der Waals surface area contributed by atoms with Gasteiger partial charge in [-0.05, 0) is 65.2 Å². The summed E-state index contributed by atoms with van der Waals surface area (Å²) in [5.41, 5.74) is 10.3. The van der Waals surface area contributed by atoms with Crippen LogP contribution in [0.15, 0.2) is 65.8 Å². The van der Waals surface area contributed by atoms with Gasteiger partial charge in [-0.25, -0.2) is 9.97 Å². The van der Waals surface area contributed by atoms with E-state index in [2.05, 4.69) is 30.5 Å². The van der Waals surface area contributed by atoms with Gasteiger partial charge >= 0.3 is 0 Å². The van der Waals surface area contributed by atoms with E-state index in [1.807, 2.05) is 30.3 Å². The number of hydrogen-bond donors (Lipinski definition) is 2. The van der Waals surface area contributed by atoms with Crippen molar-refractivity contribution in [1.82, 2.24) is 39.7 Å². The van der Waals surface area contributed by atoms with Crippen LogP contribution in [0.4, 0.5) is 5.82 Å². The lowest BCUT2D eigenvalue weighted by Gasteiger charge is -2.15. The molecule has 1 atom stereocenters. The third-order valence-electron chi connectivity index (χ3n) is 5.96. The highest BCUT2D eigenvalue weighted by Crippen LogP contribution is 2.34. The second-order valence-corrected chi connectivity index (χ2v) is 8.48. The number of nitrogens with one attached hydrogen (secondary N) is 1. The van der Waals surface area contributed by atoms with E-state index in [-0.39, 0.29) is 11.6 Å². The molecule has 5 aromatic rings. The molecule has 0 spiro atoms. The number of hydrogen-bond acceptors (Lipinski definition) is 7. The van der Waals surface area contributed by atoms with E-state index in [0.29, 0.717) is 22.4 Å². The van der Waals surface area contributed by atoms with Gasteiger partial charge in [-0.15, -0.1) is 5.10 Å². The fourth-order valence-corrected chi connectivity index (χ4v) is 4.63. The Bertz CT molecular complexity index is 1570. The van der Waals surface area contributed by atoms with E-state index in [4.69, 9.17) is 17.3 Å². The predicted molar refractivity (Wildman–Crippen MR) is 127 cm³/mol. The Morgan fingerprint density at radius 2 is 2.06 bits per heavy atom. The molecule has 168 valence electrons. The van der Waals surface area contributed by atoms with Crippen molar-refractivity contribution in [2.75, 3.05) is 5.73 Å². The Labute approximate surface area is 198 Å². The Morgan fingerprint density at radius 3 is 2.88 bits per heavy atom. The van der Waals surface area contributed by atoms with Crippen LogP contribution in [0.3, 0.4) is 0 Å². The van der Waals surface area contributed by atoms with Gasteiger partial charge in [-0.3, -0.25) is 4.79 Å². The summed E-state index contributed by atoms with van der Waals surface area (Å²) < 4.78 is 3.34. The number of halogens is 1. The molecular weight excluding hydrogens is 454 g/mol. The Morgan fingerprint density at radius 1 is 1.15 bits per heavy atom. The Hall–Kier alpha value is -4.31. The molecule has 0 saturated carbocycles. The van der Waals surface area contributed by atoms with Crippen LogP contribution in [0.1, 0.15) is 24.0 Å². The van der Waals surface area contributed by atoms with E-state index in [9.17, 15) is 4.79 Å². The van der Waals surface area contributed by atoms with E-state index in [1.54, 1.807) is 33.6 Å². The van der Waals surface area contributed by atoms with Gasteiger partial charge in [0, 0.05) is 22.3 Å². The molecule has 6 rings (SSSR count). The highest BCUT2D eigenvalue weighted by Gasteiger charge is 2.28. The van der Waals surface area contributed by atoms with E-state index in [0.717, 1.165) is 41.0 Å². The number of imidazole rings is 1. The molecule has 0 fully saturated rings. The van der Waals surface area contributed by atoms with Crippen molar-refractivity contribution in [3.05, 3.63) is 87.9 Å². The number of nitrogens with two attached hydrogens (primary N) is 1. The summed E-state index contributed by atoms with van der Waals surface area (Å²) in [4.78, 5) is 25.5. The maximum absolute atomic E-state index is 13.3. The zero-order chi connectivity index (χ0) is 23.2. The number of aryl methyl sites for hydroxylation is 1. The molecule has 0 radical (unpaired) electrons. The molecule has 1 aliphatic heterocycles. The zero-order valence-electron chi connectivity index (χ0n) is 17.8. The summed E-state index contributed by atoms with van der Waals surface area (Å²) >= 11 is 6.28. The maximum Gasteiger partial charge on any atom is 0.252 e. The normalized spacial score (nSPS) is 14.9. The third-order valence-corrected chi connectivity index (χ3v) is 6.19. The number of aromatic amines is 1. The number of pyridine rings is 2. The second-order valence-electron chi connectivity index (χ2n) is 8.04. The molecule has 1 aliphatic rings. The van der Waals surface area contributed by atoms with Gasteiger partial charge in [0.25, 0.3) is 5.56 Å². The molecule has 0 amide bonds. The average molecular weight is 472 g/mol. The van der Waals surface area contributed by atoms with Gasteiger partial charge in [-0.1, -0.05) is 17.7 Å². The van der Waals surface area contributed by atoms with Crippen molar-refractivity contribution in [3.63, 3.8) is 0 Å². The molecule has 34 heavy (non-hydrogen) atoms. The van der Waals surface area contributed by atoms with E-state index >= 15 is 0 Å². The number of aromatic nitrogens is 8. The molecule has 0 unspecified atom stereocenters. The first kappa shape index (κ1) is 20.3. The summed E-state index contributed by atoms with van der Waals surface area (Å²) in [6.07, 6.45) is 4.72. The van der Waals surface area contributed by atoms with Crippen molar-refractivity contribution >= 4 is 17.4 Å². The van der Waals surface area contributed by atoms with Gasteiger partial charge in [0.15, 0.2) is 0 Å². The summed E-state index contributed by atoms with van der Waals surface area (Å²) in [6, 6.07) is 14.3. The number of tetrazole rings is 1. The number of fused-ring (bicyclic) bond motifs is 1. The number of nitrogens with zero attached hydrogens (tertiary/aromatic N) is 7. The van der Waals surface area contributed by atoms with Gasteiger partial charge < -0.3 is 15.3 Å². The highest BCUT2D eigenvalue weighted by atomic mass is 35.5. The molecule has 10 nitrogen and oxygen atoms in total. The third kappa shape index (κ3) is 3.44. The smallest absolute Gasteiger partial charge is 0.252 e. The zero-order valence-corrected chi connectivity index (χ0v) is 18.5. The topological polar surface area (TPSA) is 133 Å². The molecule has 0 aliphatic carbocycles. The van der Waals surface area contributed by atoms with Crippen molar-refractivity contribution in [2.24, 2.45) is 0 Å². The minimum absolute atomic E-state index is 0.113. The fourth-order valence-electron chi connectivity index (χ4n) is 4.46. The summed E-state index contributed by atoms with van der Waals surface area (Å²) in [6.45, 7) is 0. The van der Waals surface area contributed by atoms with Crippen molar-refractivity contribution < 1.29 is 0 Å². The lowest BCUT2D eigenvalue weighted by molar-refractivity contribution is 0.572. The number of rotatable bonds is 4. The lowest BCUT2D eigenvalue weighted by atomic mass is 10.0. The van der Waals surface area contributed by atoms with Crippen LogP contribution in [0, 0.1) is 0 Å². The predicted octanol–water partition coefficient (Wildman–Crippen LogP) is 3.05. The summed E-state index contributed by atoms with van der Waals surface area (Å²) in [5, 5.41) is 12.0. The molecule has 4 aromatic heterocycles. The first-order valence-electron chi connectivity index (χ1n) is 10.6. The summed E-state index contributed by atoms with van der Waals surface area (Å²) in [7, 11) is 0. The van der Waals surface area contributed by atoms with E-state index < -0.39 is 0 Å². The van der Waals surface area contributed by atoms with Crippen molar-refractivity contribution in [2.45, 2.75) is 18.9 Å². The van der Waals surface area contributed by atoms with Gasteiger partial charge in [0.2, 0.25) is 0 Å². The van der Waals surface area contributed by atoms with Crippen LogP contribution in [0.2, 0.25) is 5.02 Å². The lowest BCUT2D eigenvalue weighted by Crippen LogP contribution is -2.23. The van der Waals surface area contributed by atoms with Gasteiger partial charge in [0.05, 0.1) is 29.3 Å². The van der Waals surface area contributed by atoms with Crippen LogP contribution in [0.25, 0.3) is 28.2 Å². The number of nitrogen functional groups attached to an aromatic ring is 1. The highest BCUT2D eigenvalue weighted by molar-refractivity contribution is 6.31. The van der Waals surface area contributed by atoms with E-state index in [1.165, 1.54) is 6.33 Å². The first-order valence-corrected chi connectivity index (χ1v) is 11.0. The molecule has 1 aromatic carbocycles. The molecular formula is C23H18ClN9O. The van der Waals surface area contributed by atoms with Crippen LogP contribution in [0.5, 0.6) is 0 Å². The molecule has 0 saturated heterocycles. The number of H-pyrrole nitrogens is 1. The fraction of sp³-hybridized carbons (Fsp3) is 0.130. The molecule has 11 heteroatoms. The minimum atomic E-state index is -0.190. The van der Waals surface area contributed by atoms with Gasteiger partial charge in [-0.2, -0.15) is 4.68 Å². The number of benzene rings is 1. The second kappa shape index (κ2) is 7.92. The monoisotopic (exact) mass is 471 g/mol. The first-order chi connectivity index (χ1) is 16.6. The largest absolute Gasteiger partial charge is 0.384 e. The van der Waals surface area contributed by atoms with Crippen LogP contribution in [-0.2, 0) is 6.42 Å². The average Bonchev–Trinajstić information content (AvgIpc) is 3.59. The standard InChI is InChI=1S/C23H18ClN9O/c24-14-4-6-19(32-12-27-30-31-32)16(10-14)13-8-15-5-7-20(33(15)22(34)9-13)23-26-11-18(29-23)17-2-1-3-21(25)28-17/h1-4,6,8-12,20H,5,7H2,(H2,25,28)(H,26,29)/t20-/m0/s1. The minimum Gasteiger partial charge on any atom is -0.384 e. The Balaban J connectivity index is 1.39. The van der Waals surface area contributed by atoms with Crippen molar-refractivity contribution in [1.29, 1.82) is 0 Å². The van der Waals surface area contributed by atoms with Crippen LogP contribution < -0.4 is 11.3 Å². The number of anilines is 1. The summed E-state index contributed by atoms with van der Waals surface area (Å²) in [5.74, 6) is 1.15. The Kier molecular flexibility index (Phi) is 4.73. The SMILES string of the molecule is Nc1cccc(-c2cnc([C@@H]3CCc4cc(-c5cc(Cl)ccc5-n5cnnn5)cc(=O)n43)[nH]2)n1. The quantitative estimate of drug-likeness (QED) is 0.411.